The third-order valence-electron chi connectivity index (χ3n) is 5.51. The molecule has 0 spiro atoms. The molecule has 0 radical (unpaired) electrons. The topological polar surface area (TPSA) is 96.0 Å². The van der Waals surface area contributed by atoms with Crippen molar-refractivity contribution in [1.82, 2.24) is 4.31 Å². The predicted octanol–water partition coefficient (Wildman–Crippen LogP) is 4.85. The zero-order chi connectivity index (χ0) is 27.0. The number of halogens is 1. The molecule has 0 fully saturated rings. The van der Waals surface area contributed by atoms with Crippen LogP contribution in [-0.4, -0.2) is 45.3 Å². The van der Waals surface area contributed by atoms with Gasteiger partial charge >= 0.3 is 16.2 Å². The van der Waals surface area contributed by atoms with Crippen molar-refractivity contribution in [2.45, 2.75) is 26.3 Å². The number of unbranched alkanes of at least 4 members (excludes halogenated alkanes) is 1. The lowest BCUT2D eigenvalue weighted by atomic mass is 10.1. The number of carbonyl (C=O) groups excluding carboxylic acids is 2. The third-order valence-corrected chi connectivity index (χ3v) is 7.32. The summed E-state index contributed by atoms with van der Waals surface area (Å²) in [6.45, 7) is 2.25. The van der Waals surface area contributed by atoms with E-state index in [0.29, 0.717) is 29.0 Å². The molecule has 0 heterocycles. The van der Waals surface area contributed by atoms with Crippen LogP contribution in [-0.2, 0) is 21.5 Å². The Kier molecular flexibility index (Phi) is 9.37. The minimum absolute atomic E-state index is 0.0734. The lowest BCUT2D eigenvalue weighted by Gasteiger charge is -2.27. The first kappa shape index (κ1) is 27.8. The van der Waals surface area contributed by atoms with Crippen molar-refractivity contribution in [3.05, 3.63) is 95.3 Å². The number of esters is 1. The van der Waals surface area contributed by atoms with E-state index in [0.717, 1.165) is 21.5 Å². The molecule has 0 bridgehead atoms. The van der Waals surface area contributed by atoms with E-state index in [1.54, 1.807) is 54.6 Å². The molecule has 10 heteroatoms. The summed E-state index contributed by atoms with van der Waals surface area (Å²) in [5, 5.41) is 2.76. The van der Waals surface area contributed by atoms with E-state index in [9.17, 15) is 22.4 Å². The molecule has 3 aromatic carbocycles. The summed E-state index contributed by atoms with van der Waals surface area (Å²) in [5.41, 5.74) is 1.74. The Hall–Kier alpha value is -3.76. The van der Waals surface area contributed by atoms with Crippen LogP contribution in [0, 0.1) is 5.82 Å². The summed E-state index contributed by atoms with van der Waals surface area (Å²) in [6.07, 6.45) is 1.73. The molecule has 1 amide bonds. The minimum Gasteiger partial charge on any atom is -0.462 e. The molecule has 0 aliphatic carbocycles. The average molecular weight is 528 g/mol. The van der Waals surface area contributed by atoms with E-state index >= 15 is 0 Å². The fourth-order valence-electron chi connectivity index (χ4n) is 3.35. The number of ether oxygens (including phenoxy) is 1. The highest BCUT2D eigenvalue weighted by molar-refractivity contribution is 7.90. The summed E-state index contributed by atoms with van der Waals surface area (Å²) in [7, 11) is -1.23. The number of carbonyl (C=O) groups is 2. The van der Waals surface area contributed by atoms with Crippen molar-refractivity contribution in [3.8, 4) is 0 Å². The van der Waals surface area contributed by atoms with Gasteiger partial charge in [-0.1, -0.05) is 37.6 Å². The van der Waals surface area contributed by atoms with E-state index in [4.69, 9.17) is 4.74 Å². The Balaban J connectivity index is 1.70. The van der Waals surface area contributed by atoms with Crippen molar-refractivity contribution < 1.29 is 27.1 Å². The van der Waals surface area contributed by atoms with Crippen molar-refractivity contribution >= 4 is 33.5 Å². The molecule has 0 unspecified atom stereocenters. The number of nitrogens with zero attached hydrogens (tertiary/aromatic N) is 2. The number of anilines is 2. The SMILES string of the molecule is CCCCOC(=O)c1ccc(NC(=O)c2ccc(CN(c3ccccc3F)S(=O)(=O)N(C)C)cc2)cc1. The maximum absolute atomic E-state index is 14.4. The van der Waals surface area contributed by atoms with Gasteiger partial charge in [0, 0.05) is 25.3 Å². The van der Waals surface area contributed by atoms with Crippen molar-refractivity contribution in [2.24, 2.45) is 0 Å². The maximum atomic E-state index is 14.4. The van der Waals surface area contributed by atoms with E-state index in [2.05, 4.69) is 5.32 Å². The Morgan fingerprint density at radius 1 is 0.919 bits per heavy atom. The van der Waals surface area contributed by atoms with Crippen LogP contribution in [0.4, 0.5) is 15.8 Å². The molecule has 0 aromatic heterocycles. The fourth-order valence-corrected chi connectivity index (χ4v) is 4.46. The summed E-state index contributed by atoms with van der Waals surface area (Å²) in [4.78, 5) is 24.7. The van der Waals surface area contributed by atoms with Gasteiger partial charge in [-0.15, -0.1) is 0 Å². The Bertz CT molecular complexity index is 1330. The second-order valence-corrected chi connectivity index (χ2v) is 10.5. The predicted molar refractivity (Wildman–Crippen MR) is 141 cm³/mol. The van der Waals surface area contributed by atoms with E-state index < -0.39 is 22.0 Å². The number of para-hydroxylation sites is 1. The molecule has 0 saturated carbocycles. The third kappa shape index (κ3) is 7.14. The number of benzene rings is 3. The molecule has 3 rings (SSSR count). The molecule has 0 aliphatic rings. The fraction of sp³-hybridized carbons (Fsp3) is 0.259. The van der Waals surface area contributed by atoms with Crippen LogP contribution in [0.1, 0.15) is 46.0 Å². The van der Waals surface area contributed by atoms with Gasteiger partial charge in [-0.05, 0) is 60.5 Å². The lowest BCUT2D eigenvalue weighted by molar-refractivity contribution is 0.0499. The number of amides is 1. The van der Waals surface area contributed by atoms with Gasteiger partial charge in [-0.3, -0.25) is 9.10 Å². The summed E-state index contributed by atoms with van der Waals surface area (Å²) in [5.74, 6) is -1.46. The van der Waals surface area contributed by atoms with Crippen LogP contribution in [0.5, 0.6) is 0 Å². The van der Waals surface area contributed by atoms with Gasteiger partial charge in [-0.25, -0.2) is 9.18 Å². The van der Waals surface area contributed by atoms with Crippen molar-refractivity contribution in [2.75, 3.05) is 30.3 Å². The van der Waals surface area contributed by atoms with Gasteiger partial charge in [0.1, 0.15) is 5.82 Å². The molecule has 0 saturated heterocycles. The molecule has 0 atom stereocenters. The number of hydrogen-bond donors (Lipinski definition) is 1. The molecule has 196 valence electrons. The quantitative estimate of drug-likeness (QED) is 0.284. The smallest absolute Gasteiger partial charge is 0.338 e. The van der Waals surface area contributed by atoms with Crippen molar-refractivity contribution in [3.63, 3.8) is 0 Å². The van der Waals surface area contributed by atoms with Gasteiger partial charge < -0.3 is 10.1 Å². The van der Waals surface area contributed by atoms with Gasteiger partial charge in [0.2, 0.25) is 0 Å². The number of hydrogen-bond acceptors (Lipinski definition) is 5. The zero-order valence-electron chi connectivity index (χ0n) is 21.0. The monoisotopic (exact) mass is 527 g/mol. The zero-order valence-corrected chi connectivity index (χ0v) is 21.8. The minimum atomic E-state index is -3.98. The van der Waals surface area contributed by atoms with Gasteiger partial charge in [0.15, 0.2) is 0 Å². The highest BCUT2D eigenvalue weighted by Gasteiger charge is 2.27. The number of rotatable bonds is 11. The van der Waals surface area contributed by atoms with Gasteiger partial charge in [0.25, 0.3) is 5.91 Å². The lowest BCUT2D eigenvalue weighted by Crippen LogP contribution is -2.40. The van der Waals surface area contributed by atoms with Crippen LogP contribution in [0.25, 0.3) is 0 Å². The van der Waals surface area contributed by atoms with Crippen LogP contribution < -0.4 is 9.62 Å². The van der Waals surface area contributed by atoms with Crippen LogP contribution >= 0.6 is 0 Å². The van der Waals surface area contributed by atoms with Gasteiger partial charge in [-0.2, -0.15) is 12.7 Å². The number of nitrogens with one attached hydrogen (secondary N) is 1. The first-order valence-corrected chi connectivity index (χ1v) is 13.2. The average Bonchev–Trinajstić information content (AvgIpc) is 2.88. The molecule has 37 heavy (non-hydrogen) atoms. The summed E-state index contributed by atoms with van der Waals surface area (Å²) >= 11 is 0. The Morgan fingerprint density at radius 2 is 1.54 bits per heavy atom. The second-order valence-electron chi connectivity index (χ2n) is 8.47. The first-order valence-electron chi connectivity index (χ1n) is 11.8. The van der Waals surface area contributed by atoms with E-state index in [-0.39, 0.29) is 18.1 Å². The van der Waals surface area contributed by atoms with Crippen LogP contribution in [0.3, 0.4) is 0 Å². The molecule has 8 nitrogen and oxygen atoms in total. The molecule has 3 aromatic rings. The second kappa shape index (κ2) is 12.5. The first-order chi connectivity index (χ1) is 17.6. The van der Waals surface area contributed by atoms with Gasteiger partial charge in [0.05, 0.1) is 24.4 Å². The normalized spacial score (nSPS) is 11.3. The van der Waals surface area contributed by atoms with E-state index in [1.165, 1.54) is 32.3 Å². The maximum Gasteiger partial charge on any atom is 0.338 e. The Morgan fingerprint density at radius 3 is 2.14 bits per heavy atom. The highest BCUT2D eigenvalue weighted by atomic mass is 32.2. The van der Waals surface area contributed by atoms with Crippen LogP contribution in [0.15, 0.2) is 72.8 Å². The highest BCUT2D eigenvalue weighted by Crippen LogP contribution is 2.25. The summed E-state index contributed by atoms with van der Waals surface area (Å²) < 4.78 is 47.4. The molecule has 1 N–H and O–H groups in total. The van der Waals surface area contributed by atoms with Crippen LogP contribution in [0.2, 0.25) is 0 Å². The largest absolute Gasteiger partial charge is 0.462 e. The van der Waals surface area contributed by atoms with E-state index in [1.807, 2.05) is 6.92 Å². The molecule has 0 aliphatic heterocycles. The molecular weight excluding hydrogens is 497 g/mol. The Labute approximate surface area is 216 Å². The molecular formula is C27H30FN3O5S. The van der Waals surface area contributed by atoms with Crippen molar-refractivity contribution in [1.29, 1.82) is 0 Å². The summed E-state index contributed by atoms with van der Waals surface area (Å²) in [6, 6.07) is 18.4. The standard InChI is InChI=1S/C27H30FN3O5S/c1-4-5-18-36-27(33)22-14-16-23(17-15-22)29-26(32)21-12-10-20(11-13-21)19-31(37(34,35)30(2)3)25-9-7-6-8-24(25)28/h6-17H,4-5,18-19H2,1-3H3,(H,29,32).